The molecule has 0 spiro atoms. The highest BCUT2D eigenvalue weighted by Crippen LogP contribution is 2.02. The third-order valence-electron chi connectivity index (χ3n) is 1.45. The van der Waals surface area contributed by atoms with Gasteiger partial charge in [0.2, 0.25) is 0 Å². The topological polar surface area (TPSA) is 23.5 Å². The lowest BCUT2D eigenvalue weighted by molar-refractivity contribution is 0.0833. The molecule has 0 unspecified atom stereocenters. The van der Waals surface area contributed by atoms with Crippen LogP contribution >= 0.6 is 11.6 Å². The van der Waals surface area contributed by atoms with Crippen LogP contribution in [-0.2, 0) is 0 Å². The van der Waals surface area contributed by atoms with Crippen molar-refractivity contribution in [3.05, 3.63) is 12.2 Å². The maximum atomic E-state index is 12.0. The van der Waals surface area contributed by atoms with Gasteiger partial charge in [-0.3, -0.25) is 4.90 Å². The van der Waals surface area contributed by atoms with Gasteiger partial charge in [0, 0.05) is 19.0 Å². The molecule has 0 fully saturated rings. The molecular weight excluding hydrogens is 200 g/mol. The monoisotopic (exact) mass is 213 g/mol. The minimum atomic E-state index is -2.39. The minimum Gasteiger partial charge on any atom is -0.395 e. The van der Waals surface area contributed by atoms with E-state index in [0.717, 1.165) is 0 Å². The van der Waals surface area contributed by atoms with Gasteiger partial charge in [0.1, 0.15) is 0 Å². The number of alkyl halides is 3. The molecule has 2 nitrogen and oxygen atoms in total. The fourth-order valence-corrected chi connectivity index (χ4v) is 1.01. The van der Waals surface area contributed by atoms with Crippen LogP contribution in [0.5, 0.6) is 0 Å². The van der Waals surface area contributed by atoms with Crippen molar-refractivity contribution in [1.29, 1.82) is 0 Å². The predicted octanol–water partition coefficient (Wildman–Crippen LogP) is 1.34. The van der Waals surface area contributed by atoms with Crippen molar-refractivity contribution in [3.63, 3.8) is 0 Å². The van der Waals surface area contributed by atoms with E-state index in [1.807, 2.05) is 0 Å². The summed E-state index contributed by atoms with van der Waals surface area (Å²) in [7, 11) is 0. The van der Waals surface area contributed by atoms with Gasteiger partial charge in [0.25, 0.3) is 6.43 Å². The maximum absolute atomic E-state index is 12.0. The number of rotatable bonds is 7. The summed E-state index contributed by atoms with van der Waals surface area (Å²) in [4.78, 5) is 1.43. The van der Waals surface area contributed by atoms with E-state index in [2.05, 4.69) is 6.58 Å². The summed E-state index contributed by atoms with van der Waals surface area (Å²) in [6, 6.07) is 0. The number of nitrogens with zero attached hydrogens (tertiary/aromatic N) is 1. The molecule has 0 aromatic heterocycles. The Morgan fingerprint density at radius 3 is 2.54 bits per heavy atom. The number of aliphatic hydroxyl groups is 1. The van der Waals surface area contributed by atoms with Crippen LogP contribution in [0.1, 0.15) is 0 Å². The molecule has 0 saturated carbocycles. The zero-order valence-corrected chi connectivity index (χ0v) is 8.10. The Labute approximate surface area is 81.8 Å². The Hall–Kier alpha value is -0.190. The zero-order chi connectivity index (χ0) is 10.3. The van der Waals surface area contributed by atoms with Gasteiger partial charge in [-0.05, 0) is 5.57 Å². The molecule has 1 N–H and O–H groups in total. The van der Waals surface area contributed by atoms with Crippen LogP contribution in [0.25, 0.3) is 0 Å². The summed E-state index contributed by atoms with van der Waals surface area (Å²) in [6.07, 6.45) is -2.39. The van der Waals surface area contributed by atoms with E-state index >= 15 is 0 Å². The molecule has 13 heavy (non-hydrogen) atoms. The number of aliphatic hydroxyl groups excluding tert-OH is 1. The Kier molecular flexibility index (Phi) is 7.13. The van der Waals surface area contributed by atoms with Crippen LogP contribution in [-0.4, -0.2) is 48.6 Å². The van der Waals surface area contributed by atoms with Gasteiger partial charge in [-0.25, -0.2) is 8.78 Å². The summed E-state index contributed by atoms with van der Waals surface area (Å²) >= 11 is 5.46. The maximum Gasteiger partial charge on any atom is 0.251 e. The van der Waals surface area contributed by atoms with Crippen LogP contribution in [0, 0.1) is 0 Å². The van der Waals surface area contributed by atoms with Gasteiger partial charge < -0.3 is 5.11 Å². The second kappa shape index (κ2) is 7.24. The van der Waals surface area contributed by atoms with Gasteiger partial charge in [-0.2, -0.15) is 0 Å². The molecule has 0 amide bonds. The van der Waals surface area contributed by atoms with Crippen LogP contribution < -0.4 is 0 Å². The molecule has 0 rings (SSSR count). The van der Waals surface area contributed by atoms with Crippen molar-refractivity contribution in [2.75, 3.05) is 32.1 Å². The van der Waals surface area contributed by atoms with Crippen molar-refractivity contribution in [1.82, 2.24) is 4.90 Å². The molecule has 0 aromatic carbocycles. The zero-order valence-electron chi connectivity index (χ0n) is 7.35. The molecule has 0 radical (unpaired) electrons. The van der Waals surface area contributed by atoms with Gasteiger partial charge in [-0.1, -0.05) is 6.58 Å². The summed E-state index contributed by atoms with van der Waals surface area (Å²) in [5, 5.41) is 8.59. The standard InChI is InChI=1S/C8H14ClF2NO/c1-7(4-9)5-12(2-3-13)6-8(10)11/h8,13H,1-6H2. The Balaban J connectivity index is 3.86. The van der Waals surface area contributed by atoms with Crippen LogP contribution in [0.2, 0.25) is 0 Å². The first-order chi connectivity index (χ1) is 6.10. The molecule has 0 aromatic rings. The van der Waals surface area contributed by atoms with Crippen molar-refractivity contribution in [3.8, 4) is 0 Å². The highest BCUT2D eigenvalue weighted by molar-refractivity contribution is 6.19. The SMILES string of the molecule is C=C(CCl)CN(CCO)CC(F)F. The van der Waals surface area contributed by atoms with E-state index in [-0.39, 0.29) is 25.6 Å². The normalized spacial score (nSPS) is 11.2. The Bertz CT molecular complexity index is 155. The molecule has 0 saturated heterocycles. The summed E-state index contributed by atoms with van der Waals surface area (Å²) in [5.74, 6) is 0.255. The van der Waals surface area contributed by atoms with E-state index in [1.54, 1.807) is 0 Å². The lowest BCUT2D eigenvalue weighted by atomic mass is 10.3. The summed E-state index contributed by atoms with van der Waals surface area (Å²) < 4.78 is 24.0. The van der Waals surface area contributed by atoms with Gasteiger partial charge in [0.15, 0.2) is 0 Å². The van der Waals surface area contributed by atoms with Crippen molar-refractivity contribution < 1.29 is 13.9 Å². The molecule has 0 heterocycles. The quantitative estimate of drug-likeness (QED) is 0.510. The Morgan fingerprint density at radius 2 is 2.15 bits per heavy atom. The van der Waals surface area contributed by atoms with Gasteiger partial charge >= 0.3 is 0 Å². The molecule has 0 aliphatic heterocycles. The van der Waals surface area contributed by atoms with Crippen LogP contribution in [0.15, 0.2) is 12.2 Å². The average molecular weight is 214 g/mol. The fraction of sp³-hybridized carbons (Fsp3) is 0.750. The number of hydrogen-bond donors (Lipinski definition) is 1. The molecule has 5 heteroatoms. The first kappa shape index (κ1) is 12.8. The largest absolute Gasteiger partial charge is 0.395 e. The van der Waals surface area contributed by atoms with Gasteiger partial charge in [-0.15, -0.1) is 11.6 Å². The molecule has 0 aliphatic carbocycles. The molecule has 78 valence electrons. The fourth-order valence-electron chi connectivity index (χ4n) is 0.930. The summed E-state index contributed by atoms with van der Waals surface area (Å²) in [6.45, 7) is 3.65. The smallest absolute Gasteiger partial charge is 0.251 e. The highest BCUT2D eigenvalue weighted by Gasteiger charge is 2.11. The predicted molar refractivity (Wildman–Crippen MR) is 49.4 cm³/mol. The second-order valence-corrected chi connectivity index (χ2v) is 3.00. The first-order valence-electron chi connectivity index (χ1n) is 3.94. The van der Waals surface area contributed by atoms with Crippen molar-refractivity contribution in [2.24, 2.45) is 0 Å². The molecular formula is C8H14ClF2NO. The second-order valence-electron chi connectivity index (χ2n) is 2.73. The lowest BCUT2D eigenvalue weighted by Gasteiger charge is -2.20. The van der Waals surface area contributed by atoms with E-state index in [4.69, 9.17) is 16.7 Å². The van der Waals surface area contributed by atoms with E-state index in [1.165, 1.54) is 4.90 Å². The average Bonchev–Trinajstić information content (AvgIpc) is 2.03. The third kappa shape index (κ3) is 6.93. The third-order valence-corrected chi connectivity index (χ3v) is 1.83. The highest BCUT2D eigenvalue weighted by atomic mass is 35.5. The van der Waals surface area contributed by atoms with E-state index < -0.39 is 6.43 Å². The first-order valence-corrected chi connectivity index (χ1v) is 4.47. The van der Waals surface area contributed by atoms with Gasteiger partial charge in [0.05, 0.1) is 13.2 Å². The van der Waals surface area contributed by atoms with Crippen molar-refractivity contribution in [2.45, 2.75) is 6.43 Å². The lowest BCUT2D eigenvalue weighted by Crippen LogP contribution is -2.33. The van der Waals surface area contributed by atoms with E-state index in [9.17, 15) is 8.78 Å². The Morgan fingerprint density at radius 1 is 1.54 bits per heavy atom. The molecule has 0 bridgehead atoms. The molecule has 0 aliphatic rings. The van der Waals surface area contributed by atoms with E-state index in [0.29, 0.717) is 12.1 Å². The van der Waals surface area contributed by atoms with Crippen LogP contribution in [0.4, 0.5) is 8.78 Å². The summed E-state index contributed by atoms with van der Waals surface area (Å²) in [5.41, 5.74) is 0.677. The molecule has 0 atom stereocenters. The van der Waals surface area contributed by atoms with Crippen LogP contribution in [0.3, 0.4) is 0 Å². The van der Waals surface area contributed by atoms with Crippen molar-refractivity contribution >= 4 is 11.6 Å². The number of hydrogen-bond acceptors (Lipinski definition) is 2. The number of halogens is 3. The minimum absolute atomic E-state index is 0.137.